The fourth-order valence-corrected chi connectivity index (χ4v) is 2.40. The molecule has 0 aliphatic carbocycles. The lowest BCUT2D eigenvalue weighted by Gasteiger charge is -2.29. The Bertz CT molecular complexity index is 669. The van der Waals surface area contributed by atoms with Crippen LogP contribution < -0.4 is 10.2 Å². The van der Waals surface area contributed by atoms with Gasteiger partial charge >= 0.3 is 5.97 Å². The van der Waals surface area contributed by atoms with E-state index in [0.717, 1.165) is 26.2 Å². The molecule has 20 heavy (non-hydrogen) atoms. The number of piperazine rings is 1. The Labute approximate surface area is 115 Å². The van der Waals surface area contributed by atoms with E-state index in [1.54, 1.807) is 6.07 Å². The Kier molecular flexibility index (Phi) is 3.23. The van der Waals surface area contributed by atoms with Gasteiger partial charge < -0.3 is 15.3 Å². The molecule has 0 atom stereocenters. The van der Waals surface area contributed by atoms with Crippen molar-refractivity contribution in [3.05, 3.63) is 35.8 Å². The van der Waals surface area contributed by atoms with Gasteiger partial charge in [-0.2, -0.15) is 0 Å². The zero-order valence-electron chi connectivity index (χ0n) is 10.8. The quantitative estimate of drug-likeness (QED) is 0.869. The average molecular weight is 275 g/mol. The summed E-state index contributed by atoms with van der Waals surface area (Å²) in [6.07, 6.45) is 1.30. The van der Waals surface area contributed by atoms with Gasteiger partial charge in [-0.25, -0.2) is 9.18 Å². The monoisotopic (exact) mass is 275 g/mol. The van der Waals surface area contributed by atoms with Crippen LogP contribution in [-0.2, 0) is 0 Å². The van der Waals surface area contributed by atoms with Gasteiger partial charge in [0.15, 0.2) is 0 Å². The highest BCUT2D eigenvalue weighted by molar-refractivity contribution is 5.93. The molecule has 1 aliphatic heterocycles. The molecule has 1 aliphatic rings. The first-order valence-corrected chi connectivity index (χ1v) is 6.43. The van der Waals surface area contributed by atoms with Gasteiger partial charge in [-0.3, -0.25) is 4.98 Å². The van der Waals surface area contributed by atoms with Crippen molar-refractivity contribution in [3.63, 3.8) is 0 Å². The molecule has 0 spiro atoms. The van der Waals surface area contributed by atoms with Gasteiger partial charge in [0.1, 0.15) is 5.82 Å². The molecule has 0 amide bonds. The number of nitrogens with one attached hydrogen (secondary N) is 1. The van der Waals surface area contributed by atoms with Crippen LogP contribution in [0.15, 0.2) is 24.4 Å². The molecule has 0 unspecified atom stereocenters. The maximum Gasteiger partial charge on any atom is 0.337 e. The number of benzene rings is 1. The number of carboxylic acid groups (broad SMARTS) is 1. The molecular formula is C14H14FN3O2. The lowest BCUT2D eigenvalue weighted by Crippen LogP contribution is -2.43. The SMILES string of the molecule is O=C(O)c1cnc2cc(N3CCNCC3)c(F)cc2c1. The van der Waals surface area contributed by atoms with Crippen LogP contribution in [0.25, 0.3) is 10.9 Å². The van der Waals surface area contributed by atoms with Crippen LogP contribution in [0.2, 0.25) is 0 Å². The van der Waals surface area contributed by atoms with E-state index < -0.39 is 5.97 Å². The van der Waals surface area contributed by atoms with Crippen molar-refractivity contribution in [3.8, 4) is 0 Å². The fourth-order valence-electron chi connectivity index (χ4n) is 2.40. The van der Waals surface area contributed by atoms with Crippen molar-refractivity contribution < 1.29 is 14.3 Å². The molecule has 1 saturated heterocycles. The molecule has 6 heteroatoms. The van der Waals surface area contributed by atoms with Crippen LogP contribution in [0.4, 0.5) is 10.1 Å². The van der Waals surface area contributed by atoms with Crippen molar-refractivity contribution >= 4 is 22.6 Å². The van der Waals surface area contributed by atoms with Crippen molar-refractivity contribution in [1.29, 1.82) is 0 Å². The maximum absolute atomic E-state index is 14.2. The highest BCUT2D eigenvalue weighted by atomic mass is 19.1. The Hall–Kier alpha value is -2.21. The van der Waals surface area contributed by atoms with Gasteiger partial charge in [0.25, 0.3) is 0 Å². The zero-order valence-corrected chi connectivity index (χ0v) is 10.8. The minimum absolute atomic E-state index is 0.0619. The van der Waals surface area contributed by atoms with Crippen LogP contribution in [0.3, 0.4) is 0 Å². The average Bonchev–Trinajstić information content (AvgIpc) is 2.46. The van der Waals surface area contributed by atoms with E-state index in [9.17, 15) is 9.18 Å². The number of pyridine rings is 1. The maximum atomic E-state index is 14.2. The topological polar surface area (TPSA) is 65.5 Å². The largest absolute Gasteiger partial charge is 0.478 e. The van der Waals surface area contributed by atoms with Gasteiger partial charge in [-0.1, -0.05) is 0 Å². The van der Waals surface area contributed by atoms with E-state index in [1.165, 1.54) is 18.3 Å². The minimum atomic E-state index is -1.06. The first kappa shape index (κ1) is 12.8. The molecule has 2 aromatic rings. The molecule has 104 valence electrons. The number of hydrogen-bond acceptors (Lipinski definition) is 4. The van der Waals surface area contributed by atoms with E-state index in [1.807, 2.05) is 4.90 Å². The number of halogens is 1. The van der Waals surface area contributed by atoms with Gasteiger partial charge in [0.05, 0.1) is 16.8 Å². The number of carboxylic acids is 1. The third-order valence-electron chi connectivity index (χ3n) is 3.45. The zero-order chi connectivity index (χ0) is 14.1. The Morgan fingerprint density at radius 2 is 2.05 bits per heavy atom. The predicted octanol–water partition coefficient (Wildman–Crippen LogP) is 1.48. The third-order valence-corrected chi connectivity index (χ3v) is 3.45. The number of anilines is 1. The number of aromatic carboxylic acids is 1. The molecule has 0 bridgehead atoms. The second kappa shape index (κ2) is 5.05. The Morgan fingerprint density at radius 3 is 2.75 bits per heavy atom. The predicted molar refractivity (Wildman–Crippen MR) is 73.7 cm³/mol. The molecule has 0 radical (unpaired) electrons. The van der Waals surface area contributed by atoms with Crippen LogP contribution >= 0.6 is 0 Å². The van der Waals surface area contributed by atoms with Gasteiger partial charge in [0.2, 0.25) is 0 Å². The number of aromatic nitrogens is 1. The number of rotatable bonds is 2. The summed E-state index contributed by atoms with van der Waals surface area (Å²) in [5.41, 5.74) is 1.19. The van der Waals surface area contributed by atoms with E-state index in [0.29, 0.717) is 16.6 Å². The number of fused-ring (bicyclic) bond motifs is 1. The van der Waals surface area contributed by atoms with Crippen molar-refractivity contribution in [1.82, 2.24) is 10.3 Å². The highest BCUT2D eigenvalue weighted by Crippen LogP contribution is 2.25. The normalized spacial score (nSPS) is 15.6. The third kappa shape index (κ3) is 2.30. The van der Waals surface area contributed by atoms with E-state index in [2.05, 4.69) is 10.3 Å². The van der Waals surface area contributed by atoms with Gasteiger partial charge in [0, 0.05) is 37.8 Å². The van der Waals surface area contributed by atoms with Crippen LogP contribution in [0.1, 0.15) is 10.4 Å². The van der Waals surface area contributed by atoms with Crippen LogP contribution in [-0.4, -0.2) is 42.2 Å². The summed E-state index contributed by atoms with van der Waals surface area (Å²) in [6, 6.07) is 4.48. The summed E-state index contributed by atoms with van der Waals surface area (Å²) in [5, 5.41) is 12.6. The molecule has 3 rings (SSSR count). The summed E-state index contributed by atoms with van der Waals surface area (Å²) in [6.45, 7) is 3.14. The number of nitrogens with zero attached hydrogens (tertiary/aromatic N) is 2. The minimum Gasteiger partial charge on any atom is -0.478 e. The molecule has 2 heterocycles. The molecule has 2 N–H and O–H groups in total. The summed E-state index contributed by atoms with van der Waals surface area (Å²) >= 11 is 0. The summed E-state index contributed by atoms with van der Waals surface area (Å²) in [4.78, 5) is 17.0. The summed E-state index contributed by atoms with van der Waals surface area (Å²) in [7, 11) is 0. The van der Waals surface area contributed by atoms with Crippen molar-refractivity contribution in [2.45, 2.75) is 0 Å². The first-order valence-electron chi connectivity index (χ1n) is 6.43. The van der Waals surface area contributed by atoms with Gasteiger partial charge in [-0.15, -0.1) is 0 Å². The molecule has 1 aromatic heterocycles. The molecular weight excluding hydrogens is 261 g/mol. The second-order valence-corrected chi connectivity index (χ2v) is 4.76. The molecule has 5 nitrogen and oxygen atoms in total. The van der Waals surface area contributed by atoms with Gasteiger partial charge in [-0.05, 0) is 18.2 Å². The number of hydrogen-bond donors (Lipinski definition) is 2. The van der Waals surface area contributed by atoms with Crippen LogP contribution in [0, 0.1) is 5.82 Å². The van der Waals surface area contributed by atoms with Crippen LogP contribution in [0.5, 0.6) is 0 Å². The lowest BCUT2D eigenvalue weighted by atomic mass is 10.1. The van der Waals surface area contributed by atoms with E-state index in [4.69, 9.17) is 5.11 Å². The Balaban J connectivity index is 2.05. The highest BCUT2D eigenvalue weighted by Gasteiger charge is 2.16. The summed E-state index contributed by atoms with van der Waals surface area (Å²) < 4.78 is 14.2. The van der Waals surface area contributed by atoms with E-state index >= 15 is 0 Å². The van der Waals surface area contributed by atoms with Crippen molar-refractivity contribution in [2.75, 3.05) is 31.1 Å². The smallest absolute Gasteiger partial charge is 0.337 e. The first-order chi connectivity index (χ1) is 9.65. The lowest BCUT2D eigenvalue weighted by molar-refractivity contribution is 0.0696. The molecule has 1 aromatic carbocycles. The second-order valence-electron chi connectivity index (χ2n) is 4.76. The van der Waals surface area contributed by atoms with E-state index in [-0.39, 0.29) is 11.4 Å². The molecule has 0 saturated carbocycles. The fraction of sp³-hybridized carbons (Fsp3) is 0.286. The standard InChI is InChI=1S/C14H14FN3O2/c15-11-6-9-5-10(14(19)20)8-17-12(9)7-13(11)18-3-1-16-2-4-18/h5-8,16H,1-4H2,(H,19,20). The molecule has 1 fully saturated rings. The van der Waals surface area contributed by atoms with Crippen molar-refractivity contribution in [2.24, 2.45) is 0 Å². The summed E-state index contributed by atoms with van der Waals surface area (Å²) in [5.74, 6) is -1.41. The Morgan fingerprint density at radius 1 is 1.30 bits per heavy atom. The number of carbonyl (C=O) groups is 1.